The third-order valence-corrected chi connectivity index (χ3v) is 3.91. The van der Waals surface area contributed by atoms with Gasteiger partial charge in [0.1, 0.15) is 5.65 Å². The zero-order valence-corrected chi connectivity index (χ0v) is 12.7. The van der Waals surface area contributed by atoms with Gasteiger partial charge in [0, 0.05) is 40.0 Å². The van der Waals surface area contributed by atoms with E-state index in [2.05, 4.69) is 9.97 Å². The molecule has 0 bridgehead atoms. The van der Waals surface area contributed by atoms with E-state index < -0.39 is 5.91 Å². The fourth-order valence-corrected chi connectivity index (χ4v) is 2.43. The molecule has 0 spiro atoms. The van der Waals surface area contributed by atoms with Crippen LogP contribution < -0.4 is 5.73 Å². The summed E-state index contributed by atoms with van der Waals surface area (Å²) in [7, 11) is 0. The number of pyridine rings is 1. The van der Waals surface area contributed by atoms with Crippen molar-refractivity contribution < 1.29 is 4.79 Å². The zero-order valence-electron chi connectivity index (χ0n) is 11.9. The van der Waals surface area contributed by atoms with Gasteiger partial charge in [0.2, 0.25) is 5.91 Å². The molecule has 1 amide bonds. The largest absolute Gasteiger partial charge is 0.366 e. The summed E-state index contributed by atoms with van der Waals surface area (Å²) in [5.41, 5.74) is 9.82. The zero-order chi connectivity index (χ0) is 15.7. The molecule has 1 aromatic carbocycles. The van der Waals surface area contributed by atoms with Gasteiger partial charge in [0.15, 0.2) is 0 Å². The van der Waals surface area contributed by atoms with Crippen LogP contribution in [0.1, 0.15) is 11.1 Å². The Morgan fingerprint density at radius 2 is 2.14 bits per heavy atom. The quantitative estimate of drug-likeness (QED) is 0.724. The Balaban J connectivity index is 2.10. The van der Waals surface area contributed by atoms with Crippen LogP contribution >= 0.6 is 11.6 Å². The maximum atomic E-state index is 10.9. The minimum Gasteiger partial charge on any atom is -0.366 e. The molecule has 2 heterocycles. The van der Waals surface area contributed by atoms with Crippen molar-refractivity contribution in [1.29, 1.82) is 0 Å². The fraction of sp³-hybridized carbons (Fsp3) is 0.0588. The number of fused-ring (bicyclic) bond motifs is 1. The van der Waals surface area contributed by atoms with Gasteiger partial charge in [-0.05, 0) is 42.3 Å². The molecule has 3 aromatic rings. The van der Waals surface area contributed by atoms with Crippen molar-refractivity contribution in [2.24, 2.45) is 5.73 Å². The highest BCUT2D eigenvalue weighted by Gasteiger charge is 2.07. The molecule has 0 aliphatic heterocycles. The lowest BCUT2D eigenvalue weighted by atomic mass is 10.0. The number of hydrogen-bond donors (Lipinski definition) is 2. The maximum absolute atomic E-state index is 10.9. The summed E-state index contributed by atoms with van der Waals surface area (Å²) in [6.07, 6.45) is 6.62. The second kappa shape index (κ2) is 5.66. The average molecular weight is 312 g/mol. The highest BCUT2D eigenvalue weighted by atomic mass is 35.5. The molecule has 5 heteroatoms. The van der Waals surface area contributed by atoms with Crippen LogP contribution in [0.4, 0.5) is 0 Å². The number of rotatable bonds is 3. The van der Waals surface area contributed by atoms with Gasteiger partial charge in [-0.15, -0.1) is 0 Å². The van der Waals surface area contributed by atoms with Crippen LogP contribution in [-0.4, -0.2) is 15.9 Å². The van der Waals surface area contributed by atoms with Crippen LogP contribution in [-0.2, 0) is 4.79 Å². The van der Waals surface area contributed by atoms with Gasteiger partial charge in [-0.1, -0.05) is 17.7 Å². The smallest absolute Gasteiger partial charge is 0.241 e. The molecule has 22 heavy (non-hydrogen) atoms. The van der Waals surface area contributed by atoms with Crippen molar-refractivity contribution in [1.82, 2.24) is 9.97 Å². The number of aryl methyl sites for hydroxylation is 1. The van der Waals surface area contributed by atoms with Crippen LogP contribution in [0.5, 0.6) is 0 Å². The van der Waals surface area contributed by atoms with Crippen LogP contribution in [0.3, 0.4) is 0 Å². The lowest BCUT2D eigenvalue weighted by Crippen LogP contribution is -2.04. The fourth-order valence-electron chi connectivity index (χ4n) is 2.32. The summed E-state index contributed by atoms with van der Waals surface area (Å²) < 4.78 is 0. The summed E-state index contributed by atoms with van der Waals surface area (Å²) in [4.78, 5) is 18.4. The SMILES string of the molecule is Cc1cc(-c2cnc3[nH]cc(/C=C/C(N)=O)c3c2)ccc1Cl. The summed E-state index contributed by atoms with van der Waals surface area (Å²) in [5, 5.41) is 1.67. The van der Waals surface area contributed by atoms with E-state index in [9.17, 15) is 4.79 Å². The molecule has 0 aliphatic carbocycles. The molecule has 0 fully saturated rings. The summed E-state index contributed by atoms with van der Waals surface area (Å²) in [5.74, 6) is -0.480. The first-order valence-electron chi connectivity index (χ1n) is 6.76. The second-order valence-corrected chi connectivity index (χ2v) is 5.47. The molecule has 0 atom stereocenters. The lowest BCUT2D eigenvalue weighted by molar-refractivity contribution is -0.113. The van der Waals surface area contributed by atoms with E-state index in [1.807, 2.05) is 37.4 Å². The van der Waals surface area contributed by atoms with Crippen LogP contribution in [0, 0.1) is 6.92 Å². The number of carbonyl (C=O) groups excluding carboxylic acids is 1. The molecule has 3 N–H and O–H groups in total. The van der Waals surface area contributed by atoms with Gasteiger partial charge < -0.3 is 10.7 Å². The summed E-state index contributed by atoms with van der Waals surface area (Å²) >= 11 is 6.07. The van der Waals surface area contributed by atoms with E-state index >= 15 is 0 Å². The van der Waals surface area contributed by atoms with Crippen molar-refractivity contribution in [3.05, 3.63) is 58.9 Å². The summed E-state index contributed by atoms with van der Waals surface area (Å²) in [6.45, 7) is 1.97. The molecule has 0 radical (unpaired) electrons. The Morgan fingerprint density at radius 3 is 2.86 bits per heavy atom. The van der Waals surface area contributed by atoms with Crippen LogP contribution in [0.15, 0.2) is 42.7 Å². The van der Waals surface area contributed by atoms with Gasteiger partial charge in [0.05, 0.1) is 0 Å². The highest BCUT2D eigenvalue weighted by molar-refractivity contribution is 6.31. The molecule has 0 unspecified atom stereocenters. The van der Waals surface area contributed by atoms with Crippen LogP contribution in [0.2, 0.25) is 5.02 Å². The standard InChI is InChI=1S/C17H14ClN3O/c1-10-6-11(2-4-15(10)18)13-7-14-12(3-5-16(19)22)8-20-17(14)21-9-13/h2-9H,1H3,(H2,19,22)(H,20,21)/b5-3+. The molecule has 0 saturated heterocycles. The molecule has 0 saturated carbocycles. The molecule has 110 valence electrons. The number of halogens is 1. The maximum Gasteiger partial charge on any atom is 0.241 e. The Kier molecular flexibility index (Phi) is 3.69. The van der Waals surface area contributed by atoms with Crippen molar-refractivity contribution in [3.63, 3.8) is 0 Å². The number of benzene rings is 1. The van der Waals surface area contributed by atoms with E-state index in [0.29, 0.717) is 0 Å². The van der Waals surface area contributed by atoms with E-state index in [0.717, 1.165) is 38.3 Å². The lowest BCUT2D eigenvalue weighted by Gasteiger charge is -2.05. The van der Waals surface area contributed by atoms with E-state index in [4.69, 9.17) is 17.3 Å². The minimum atomic E-state index is -0.480. The minimum absolute atomic E-state index is 0.480. The monoisotopic (exact) mass is 311 g/mol. The third kappa shape index (κ3) is 2.73. The number of amides is 1. The van der Waals surface area contributed by atoms with Crippen molar-refractivity contribution in [3.8, 4) is 11.1 Å². The first-order chi connectivity index (χ1) is 10.5. The first-order valence-corrected chi connectivity index (χ1v) is 7.13. The normalized spacial score (nSPS) is 11.4. The van der Waals surface area contributed by atoms with Gasteiger partial charge in [0.25, 0.3) is 0 Å². The Labute approximate surface area is 132 Å². The van der Waals surface area contributed by atoms with E-state index in [1.54, 1.807) is 12.3 Å². The van der Waals surface area contributed by atoms with Crippen LogP contribution in [0.25, 0.3) is 28.2 Å². The number of nitrogens with zero attached hydrogens (tertiary/aromatic N) is 1. The van der Waals surface area contributed by atoms with Crippen molar-refractivity contribution >= 4 is 34.6 Å². The molecular formula is C17H14ClN3O. The number of H-pyrrole nitrogens is 1. The van der Waals surface area contributed by atoms with Gasteiger partial charge in [-0.2, -0.15) is 0 Å². The molecule has 3 rings (SSSR count). The number of hydrogen-bond acceptors (Lipinski definition) is 2. The number of nitrogens with two attached hydrogens (primary N) is 1. The molecule has 0 aliphatic rings. The molecular weight excluding hydrogens is 298 g/mol. The number of aromatic nitrogens is 2. The topological polar surface area (TPSA) is 71.8 Å². The molecule has 2 aromatic heterocycles. The Hall–Kier alpha value is -2.59. The Morgan fingerprint density at radius 1 is 1.32 bits per heavy atom. The third-order valence-electron chi connectivity index (χ3n) is 3.48. The Bertz CT molecular complexity index is 896. The van der Waals surface area contributed by atoms with Gasteiger partial charge >= 0.3 is 0 Å². The predicted octanol–water partition coefficient (Wildman–Crippen LogP) is 3.69. The number of aromatic amines is 1. The number of primary amides is 1. The van der Waals surface area contributed by atoms with Crippen molar-refractivity contribution in [2.75, 3.05) is 0 Å². The number of carbonyl (C=O) groups is 1. The highest BCUT2D eigenvalue weighted by Crippen LogP contribution is 2.28. The van der Waals surface area contributed by atoms with Gasteiger partial charge in [-0.3, -0.25) is 4.79 Å². The predicted molar refractivity (Wildman–Crippen MR) is 89.5 cm³/mol. The average Bonchev–Trinajstić information content (AvgIpc) is 2.90. The summed E-state index contributed by atoms with van der Waals surface area (Å²) in [6, 6.07) is 7.89. The number of nitrogens with one attached hydrogen (secondary N) is 1. The van der Waals surface area contributed by atoms with Gasteiger partial charge in [-0.25, -0.2) is 4.98 Å². The van der Waals surface area contributed by atoms with E-state index in [-0.39, 0.29) is 0 Å². The first kappa shape index (κ1) is 14.4. The molecule has 4 nitrogen and oxygen atoms in total. The second-order valence-electron chi connectivity index (χ2n) is 5.06. The van der Waals surface area contributed by atoms with Crippen molar-refractivity contribution in [2.45, 2.75) is 6.92 Å². The van der Waals surface area contributed by atoms with E-state index in [1.165, 1.54) is 6.08 Å².